The summed E-state index contributed by atoms with van der Waals surface area (Å²) in [6.45, 7) is 4.48. The van der Waals surface area contributed by atoms with E-state index in [1.165, 1.54) is 28.1 Å². The van der Waals surface area contributed by atoms with Crippen molar-refractivity contribution in [2.24, 2.45) is 0 Å². The van der Waals surface area contributed by atoms with Gasteiger partial charge >= 0.3 is 12.1 Å². The number of likely N-dealkylation sites (N-methyl/N-ethyl adjacent to an activating group) is 1. The lowest BCUT2D eigenvalue weighted by atomic mass is 10.0. The normalized spacial score (nSPS) is 18.9. The molecule has 5 amide bonds. The highest BCUT2D eigenvalue weighted by Crippen LogP contribution is 2.28. The van der Waals surface area contributed by atoms with E-state index in [2.05, 4.69) is 17.2 Å². The molecular weight excluding hydrogens is 543 g/mol. The molecule has 2 aliphatic heterocycles. The number of fused-ring (bicyclic) bond motifs is 1. The molecule has 2 aromatic carbocycles. The van der Waals surface area contributed by atoms with Gasteiger partial charge in [-0.15, -0.1) is 0 Å². The molecule has 2 N–H and O–H groups in total. The van der Waals surface area contributed by atoms with Gasteiger partial charge in [-0.1, -0.05) is 55.1 Å². The Morgan fingerprint density at radius 2 is 1.81 bits per heavy atom. The van der Waals surface area contributed by atoms with Crippen molar-refractivity contribution in [1.82, 2.24) is 30.5 Å². The maximum Gasteiger partial charge on any atom is 0.407 e. The zero-order valence-corrected chi connectivity index (χ0v) is 23.7. The summed E-state index contributed by atoms with van der Waals surface area (Å²) in [7, 11) is 1.66. The van der Waals surface area contributed by atoms with Gasteiger partial charge in [0.25, 0.3) is 0 Å². The minimum atomic E-state index is -0.806. The van der Waals surface area contributed by atoms with Crippen LogP contribution in [-0.2, 0) is 27.3 Å². The first-order chi connectivity index (χ1) is 20.3. The molecule has 0 unspecified atom stereocenters. The minimum Gasteiger partial charge on any atom is -0.445 e. The first-order valence-electron chi connectivity index (χ1n) is 14.0. The van der Waals surface area contributed by atoms with Gasteiger partial charge in [0.2, 0.25) is 11.8 Å². The van der Waals surface area contributed by atoms with Crippen LogP contribution in [0.4, 0.5) is 14.0 Å². The molecule has 0 saturated carbocycles. The standard InChI is InChI=1S/C30H37FN6O5/c1-3-18-42-30(41)32-16-7-10-25-28(39)35(17-15-22-8-5-4-6-9-22)20-26-36(25)27(38)21-34(2)37(26)29(40)33-19-23-11-13-24(31)14-12-23/h3-6,8-9,11-14,25-26H,1,7,10,15-21H2,2H3,(H,32,41)(H,33,40)/t25-,26-/m0/s1. The van der Waals surface area contributed by atoms with Crippen molar-refractivity contribution in [3.8, 4) is 0 Å². The van der Waals surface area contributed by atoms with Gasteiger partial charge in [-0.25, -0.2) is 24.0 Å². The summed E-state index contributed by atoms with van der Waals surface area (Å²) in [4.78, 5) is 55.6. The van der Waals surface area contributed by atoms with Crippen molar-refractivity contribution >= 4 is 23.9 Å². The summed E-state index contributed by atoms with van der Waals surface area (Å²) in [6.07, 6.45) is 1.46. The largest absolute Gasteiger partial charge is 0.445 e. The molecule has 2 heterocycles. The summed E-state index contributed by atoms with van der Waals surface area (Å²) in [6, 6.07) is 14.4. The van der Waals surface area contributed by atoms with Crippen molar-refractivity contribution in [3.05, 3.63) is 84.2 Å². The van der Waals surface area contributed by atoms with Crippen LogP contribution in [0.2, 0.25) is 0 Å². The predicted molar refractivity (Wildman–Crippen MR) is 153 cm³/mol. The number of halogens is 1. The van der Waals surface area contributed by atoms with Gasteiger partial charge in [0.05, 0.1) is 13.1 Å². The van der Waals surface area contributed by atoms with Gasteiger partial charge in [0, 0.05) is 26.7 Å². The molecule has 2 atom stereocenters. The van der Waals surface area contributed by atoms with Crippen LogP contribution < -0.4 is 10.6 Å². The Labute approximate surface area is 244 Å². The average Bonchev–Trinajstić information content (AvgIpc) is 2.98. The smallest absolute Gasteiger partial charge is 0.407 e. The lowest BCUT2D eigenvalue weighted by molar-refractivity contribution is -0.187. The summed E-state index contributed by atoms with van der Waals surface area (Å²) >= 11 is 0. The number of piperazine rings is 1. The van der Waals surface area contributed by atoms with E-state index in [-0.39, 0.29) is 50.4 Å². The van der Waals surface area contributed by atoms with E-state index in [4.69, 9.17) is 4.74 Å². The fourth-order valence-electron chi connectivity index (χ4n) is 5.22. The fraction of sp³-hybridized carbons (Fsp3) is 0.400. The van der Waals surface area contributed by atoms with E-state index in [1.54, 1.807) is 29.1 Å². The number of carbonyl (C=O) groups excluding carboxylic acids is 4. The molecule has 42 heavy (non-hydrogen) atoms. The Balaban J connectivity index is 1.51. The number of alkyl carbamates (subject to hydrolysis) is 1. The van der Waals surface area contributed by atoms with Crippen LogP contribution in [0.1, 0.15) is 24.0 Å². The van der Waals surface area contributed by atoms with Crippen LogP contribution in [0, 0.1) is 5.82 Å². The van der Waals surface area contributed by atoms with Gasteiger partial charge in [0.15, 0.2) is 0 Å². The second kappa shape index (κ2) is 14.4. The number of benzene rings is 2. The lowest BCUT2D eigenvalue weighted by Gasteiger charge is -2.54. The Hall–Kier alpha value is -4.45. The molecule has 11 nitrogen and oxygen atoms in total. The van der Waals surface area contributed by atoms with Gasteiger partial charge in [0.1, 0.15) is 24.6 Å². The number of nitrogens with one attached hydrogen (secondary N) is 2. The van der Waals surface area contributed by atoms with Crippen molar-refractivity contribution in [1.29, 1.82) is 0 Å². The second-order valence-corrected chi connectivity index (χ2v) is 10.2. The van der Waals surface area contributed by atoms with Crippen molar-refractivity contribution in [2.45, 2.75) is 38.0 Å². The number of ether oxygens (including phenoxy) is 1. The van der Waals surface area contributed by atoms with Gasteiger partial charge in [-0.05, 0) is 42.5 Å². The number of hydrogen-bond donors (Lipinski definition) is 2. The third kappa shape index (κ3) is 7.64. The fourth-order valence-corrected chi connectivity index (χ4v) is 5.22. The van der Waals surface area contributed by atoms with Crippen molar-refractivity contribution in [2.75, 3.05) is 39.8 Å². The molecule has 0 radical (unpaired) electrons. The third-order valence-corrected chi connectivity index (χ3v) is 7.27. The Morgan fingerprint density at radius 3 is 2.52 bits per heavy atom. The second-order valence-electron chi connectivity index (χ2n) is 10.2. The van der Waals surface area contributed by atoms with Crippen LogP contribution in [0.5, 0.6) is 0 Å². The highest BCUT2D eigenvalue weighted by molar-refractivity contribution is 5.91. The minimum absolute atomic E-state index is 0.0829. The molecule has 2 aliphatic rings. The number of hydrazine groups is 1. The first kappa shape index (κ1) is 30.5. The Kier molecular flexibility index (Phi) is 10.5. The number of amides is 5. The lowest BCUT2D eigenvalue weighted by Crippen LogP contribution is -2.76. The van der Waals surface area contributed by atoms with Crippen LogP contribution in [-0.4, -0.2) is 95.8 Å². The number of rotatable bonds is 11. The van der Waals surface area contributed by atoms with Crippen molar-refractivity contribution < 1.29 is 28.3 Å². The number of hydrogen-bond acceptors (Lipinski definition) is 6. The molecule has 12 heteroatoms. The first-order valence-corrected chi connectivity index (χ1v) is 14.0. The quantitative estimate of drug-likeness (QED) is 0.312. The maximum atomic E-state index is 13.8. The van der Waals surface area contributed by atoms with Gasteiger partial charge < -0.3 is 25.2 Å². The monoisotopic (exact) mass is 580 g/mol. The molecule has 0 aromatic heterocycles. The zero-order valence-electron chi connectivity index (χ0n) is 23.7. The van der Waals surface area contributed by atoms with Crippen LogP contribution in [0.15, 0.2) is 67.3 Å². The van der Waals surface area contributed by atoms with E-state index < -0.39 is 24.3 Å². The van der Waals surface area contributed by atoms with E-state index in [0.29, 0.717) is 25.8 Å². The zero-order chi connectivity index (χ0) is 30.1. The molecule has 2 aromatic rings. The van der Waals surface area contributed by atoms with E-state index in [9.17, 15) is 23.6 Å². The summed E-state index contributed by atoms with van der Waals surface area (Å²) in [5.74, 6) is -0.821. The van der Waals surface area contributed by atoms with E-state index >= 15 is 0 Å². The summed E-state index contributed by atoms with van der Waals surface area (Å²) in [5.41, 5.74) is 1.79. The topological polar surface area (TPSA) is 115 Å². The van der Waals surface area contributed by atoms with Crippen molar-refractivity contribution in [3.63, 3.8) is 0 Å². The molecule has 4 rings (SSSR count). The number of urea groups is 1. The average molecular weight is 581 g/mol. The molecule has 0 aliphatic carbocycles. The molecular formula is C30H37FN6O5. The molecule has 224 valence electrons. The molecule has 2 saturated heterocycles. The van der Waals surface area contributed by atoms with E-state index in [0.717, 1.165) is 11.1 Å². The molecule has 0 spiro atoms. The van der Waals surface area contributed by atoms with Gasteiger partial charge in [-0.3, -0.25) is 9.59 Å². The SMILES string of the molecule is C=CCOC(=O)NCCC[C@H]1C(=O)N(CCc2ccccc2)C[C@H]2N1C(=O)CN(C)N2C(=O)NCc1ccc(F)cc1. The van der Waals surface area contributed by atoms with Gasteiger partial charge in [-0.2, -0.15) is 0 Å². The maximum absolute atomic E-state index is 13.8. The molecule has 0 bridgehead atoms. The third-order valence-electron chi connectivity index (χ3n) is 7.27. The number of nitrogens with zero attached hydrogens (tertiary/aromatic N) is 4. The summed E-state index contributed by atoms with van der Waals surface area (Å²) < 4.78 is 18.3. The highest BCUT2D eigenvalue weighted by Gasteiger charge is 2.50. The van der Waals surface area contributed by atoms with E-state index in [1.807, 2.05) is 30.3 Å². The summed E-state index contributed by atoms with van der Waals surface area (Å²) in [5, 5.41) is 8.53. The Bertz CT molecular complexity index is 1260. The Morgan fingerprint density at radius 1 is 1.07 bits per heavy atom. The number of carbonyl (C=O) groups is 4. The van der Waals surface area contributed by atoms with Crippen LogP contribution in [0.3, 0.4) is 0 Å². The highest BCUT2D eigenvalue weighted by atomic mass is 19.1. The predicted octanol–water partition coefficient (Wildman–Crippen LogP) is 2.50. The van der Waals surface area contributed by atoms with Crippen LogP contribution in [0.25, 0.3) is 0 Å². The molecule has 2 fully saturated rings. The van der Waals surface area contributed by atoms with Crippen LogP contribution >= 0.6 is 0 Å².